The highest BCUT2D eigenvalue weighted by atomic mass is 32.2. The van der Waals surface area contributed by atoms with E-state index in [1.807, 2.05) is 0 Å². The van der Waals surface area contributed by atoms with Crippen LogP contribution in [0.25, 0.3) is 0 Å². The maximum absolute atomic E-state index is 5.51. The Morgan fingerprint density at radius 3 is 3.00 bits per heavy atom. The highest BCUT2D eigenvalue weighted by molar-refractivity contribution is 7.99. The minimum Gasteiger partial charge on any atom is -0.381 e. The Balaban J connectivity index is 1.79. The average Bonchev–Trinajstić information content (AvgIpc) is 2.20. The van der Waals surface area contributed by atoms with Crippen LogP contribution in [0.1, 0.15) is 19.8 Å². The molecule has 3 atom stereocenters. The molecule has 76 valence electrons. The molecule has 0 amide bonds. The molecule has 2 rings (SSSR count). The fourth-order valence-corrected chi connectivity index (χ4v) is 3.36. The predicted octanol–water partition coefficient (Wildman–Crippen LogP) is 1.71. The highest BCUT2D eigenvalue weighted by Gasteiger charge is 2.27. The van der Waals surface area contributed by atoms with Crippen molar-refractivity contribution >= 4 is 11.8 Å². The van der Waals surface area contributed by atoms with Gasteiger partial charge in [-0.2, -0.15) is 0 Å². The Hall–Kier alpha value is 0.270. The summed E-state index contributed by atoms with van der Waals surface area (Å²) >= 11 is 2.09. The van der Waals surface area contributed by atoms with E-state index >= 15 is 0 Å². The van der Waals surface area contributed by atoms with Crippen molar-refractivity contribution in [3.05, 3.63) is 0 Å². The quantitative estimate of drug-likeness (QED) is 0.698. The first-order valence-corrected chi connectivity index (χ1v) is 6.34. The normalized spacial score (nSPS) is 41.8. The Morgan fingerprint density at radius 2 is 2.38 bits per heavy atom. The van der Waals surface area contributed by atoms with Crippen molar-refractivity contribution in [3.8, 4) is 0 Å². The number of rotatable bonds is 1. The van der Waals surface area contributed by atoms with Gasteiger partial charge in [0.1, 0.15) is 0 Å². The molecule has 0 aromatic carbocycles. The molecule has 0 aliphatic carbocycles. The van der Waals surface area contributed by atoms with E-state index in [0.717, 1.165) is 25.0 Å². The lowest BCUT2D eigenvalue weighted by Gasteiger charge is -2.35. The molecule has 2 saturated heterocycles. The molecule has 0 aromatic heterocycles. The fraction of sp³-hybridized carbons (Fsp3) is 1.00. The molecule has 3 heteroatoms. The average molecular weight is 201 g/mol. The van der Waals surface area contributed by atoms with Crippen molar-refractivity contribution in [1.82, 2.24) is 5.32 Å². The SMILES string of the molecule is CC1CNC(C2CCCOC2)SC1. The van der Waals surface area contributed by atoms with Gasteiger partial charge in [0.2, 0.25) is 0 Å². The Kier molecular flexibility index (Phi) is 3.52. The van der Waals surface area contributed by atoms with E-state index in [-0.39, 0.29) is 0 Å². The van der Waals surface area contributed by atoms with Crippen molar-refractivity contribution in [2.24, 2.45) is 11.8 Å². The van der Waals surface area contributed by atoms with Gasteiger partial charge in [0, 0.05) is 12.5 Å². The molecule has 2 aliphatic rings. The summed E-state index contributed by atoms with van der Waals surface area (Å²) in [5.41, 5.74) is 0. The molecule has 0 aromatic rings. The van der Waals surface area contributed by atoms with Gasteiger partial charge in [0.15, 0.2) is 0 Å². The second-order valence-electron chi connectivity index (χ2n) is 4.24. The van der Waals surface area contributed by atoms with Gasteiger partial charge in [-0.1, -0.05) is 6.92 Å². The monoisotopic (exact) mass is 201 g/mol. The molecule has 0 saturated carbocycles. The van der Waals surface area contributed by atoms with Crippen LogP contribution in [0.2, 0.25) is 0 Å². The third-order valence-electron chi connectivity index (χ3n) is 2.85. The molecule has 1 N–H and O–H groups in total. The third kappa shape index (κ3) is 2.61. The maximum atomic E-state index is 5.51. The molecule has 2 aliphatic heterocycles. The van der Waals surface area contributed by atoms with Crippen LogP contribution in [0.4, 0.5) is 0 Å². The Morgan fingerprint density at radius 1 is 1.46 bits per heavy atom. The van der Waals surface area contributed by atoms with Gasteiger partial charge in [-0.3, -0.25) is 0 Å². The van der Waals surface area contributed by atoms with Gasteiger partial charge in [-0.25, -0.2) is 0 Å². The number of hydrogen-bond acceptors (Lipinski definition) is 3. The van der Waals surface area contributed by atoms with Gasteiger partial charge in [-0.15, -0.1) is 11.8 Å². The number of nitrogens with one attached hydrogen (secondary N) is 1. The van der Waals surface area contributed by atoms with Crippen LogP contribution in [0.5, 0.6) is 0 Å². The van der Waals surface area contributed by atoms with E-state index in [1.54, 1.807) is 0 Å². The summed E-state index contributed by atoms with van der Waals surface area (Å²) in [5.74, 6) is 2.91. The summed E-state index contributed by atoms with van der Waals surface area (Å²) in [6.07, 6.45) is 2.60. The lowest BCUT2D eigenvalue weighted by Crippen LogP contribution is -2.43. The number of thioether (sulfide) groups is 1. The molecule has 2 fully saturated rings. The van der Waals surface area contributed by atoms with E-state index in [4.69, 9.17) is 4.74 Å². The molecule has 2 heterocycles. The first-order valence-electron chi connectivity index (χ1n) is 5.29. The maximum Gasteiger partial charge on any atom is 0.0583 e. The zero-order valence-electron chi connectivity index (χ0n) is 8.29. The lowest BCUT2D eigenvalue weighted by molar-refractivity contribution is 0.0500. The first-order chi connectivity index (χ1) is 6.36. The molecule has 0 radical (unpaired) electrons. The molecule has 13 heavy (non-hydrogen) atoms. The molecule has 3 unspecified atom stereocenters. The van der Waals surface area contributed by atoms with E-state index < -0.39 is 0 Å². The third-order valence-corrected chi connectivity index (χ3v) is 4.52. The van der Waals surface area contributed by atoms with Crippen molar-refractivity contribution in [3.63, 3.8) is 0 Å². The zero-order chi connectivity index (χ0) is 9.10. The highest BCUT2D eigenvalue weighted by Crippen LogP contribution is 2.28. The van der Waals surface area contributed by atoms with Gasteiger partial charge in [-0.05, 0) is 31.1 Å². The number of hydrogen-bond donors (Lipinski definition) is 1. The van der Waals surface area contributed by atoms with Crippen LogP contribution < -0.4 is 5.32 Å². The van der Waals surface area contributed by atoms with Crippen LogP contribution >= 0.6 is 11.8 Å². The second kappa shape index (κ2) is 4.67. The van der Waals surface area contributed by atoms with Crippen LogP contribution in [-0.2, 0) is 4.74 Å². The summed E-state index contributed by atoms with van der Waals surface area (Å²) in [6, 6.07) is 0. The van der Waals surface area contributed by atoms with Gasteiger partial charge in [0.25, 0.3) is 0 Å². The Bertz CT molecular complexity index is 151. The topological polar surface area (TPSA) is 21.3 Å². The second-order valence-corrected chi connectivity index (χ2v) is 5.42. The molecular formula is C10H19NOS. The smallest absolute Gasteiger partial charge is 0.0583 e. The summed E-state index contributed by atoms with van der Waals surface area (Å²) in [6.45, 7) is 5.45. The lowest BCUT2D eigenvalue weighted by atomic mass is 10.0. The summed E-state index contributed by atoms with van der Waals surface area (Å²) in [4.78, 5) is 0. The molecule has 0 bridgehead atoms. The Labute approximate surface area is 84.8 Å². The van der Waals surface area contributed by atoms with Crippen molar-refractivity contribution < 1.29 is 4.74 Å². The van der Waals surface area contributed by atoms with E-state index in [9.17, 15) is 0 Å². The van der Waals surface area contributed by atoms with E-state index in [0.29, 0.717) is 5.37 Å². The molecule has 0 spiro atoms. The fourth-order valence-electron chi connectivity index (χ4n) is 2.01. The van der Waals surface area contributed by atoms with Gasteiger partial charge >= 0.3 is 0 Å². The van der Waals surface area contributed by atoms with Crippen LogP contribution in [0, 0.1) is 11.8 Å². The standard InChI is InChI=1S/C10H19NOS/c1-8-5-11-10(13-7-8)9-3-2-4-12-6-9/h8-11H,2-7H2,1H3. The summed E-state index contributed by atoms with van der Waals surface area (Å²) in [5, 5.41) is 4.28. The van der Waals surface area contributed by atoms with Crippen LogP contribution in [0.15, 0.2) is 0 Å². The minimum absolute atomic E-state index is 0.663. The van der Waals surface area contributed by atoms with Crippen LogP contribution in [-0.4, -0.2) is 30.9 Å². The van der Waals surface area contributed by atoms with Crippen molar-refractivity contribution in [2.75, 3.05) is 25.5 Å². The van der Waals surface area contributed by atoms with E-state index in [2.05, 4.69) is 24.0 Å². The molecule has 2 nitrogen and oxygen atoms in total. The summed E-state index contributed by atoms with van der Waals surface area (Å²) < 4.78 is 5.51. The predicted molar refractivity (Wildman–Crippen MR) is 57.0 cm³/mol. The van der Waals surface area contributed by atoms with Crippen LogP contribution in [0.3, 0.4) is 0 Å². The zero-order valence-corrected chi connectivity index (χ0v) is 9.11. The van der Waals surface area contributed by atoms with E-state index in [1.165, 1.54) is 25.1 Å². The van der Waals surface area contributed by atoms with Gasteiger partial charge < -0.3 is 10.1 Å². The first kappa shape index (κ1) is 9.81. The largest absolute Gasteiger partial charge is 0.381 e. The van der Waals surface area contributed by atoms with Crippen molar-refractivity contribution in [2.45, 2.75) is 25.1 Å². The minimum atomic E-state index is 0.663. The number of ether oxygens (including phenoxy) is 1. The summed E-state index contributed by atoms with van der Waals surface area (Å²) in [7, 11) is 0. The molecular weight excluding hydrogens is 182 g/mol. The van der Waals surface area contributed by atoms with Crippen molar-refractivity contribution in [1.29, 1.82) is 0 Å². The van der Waals surface area contributed by atoms with Gasteiger partial charge in [0.05, 0.1) is 12.0 Å².